The molecule has 0 nitrogen and oxygen atoms in total. The van der Waals surface area contributed by atoms with Crippen molar-refractivity contribution in [3.8, 4) is 0 Å². The zero-order valence-corrected chi connectivity index (χ0v) is 12.5. The van der Waals surface area contributed by atoms with Crippen LogP contribution in [0.3, 0.4) is 0 Å². The largest absolute Gasteiger partial charge is 0.398 e. The zero-order chi connectivity index (χ0) is 16.0. The first kappa shape index (κ1) is 14.9. The Balaban J connectivity index is 2.37. The number of hydrogen-bond acceptors (Lipinski definition) is 0. The molecule has 0 aliphatic carbocycles. The normalized spacial score (nSPS) is 15.1. The molecule has 0 fully saturated rings. The lowest BCUT2D eigenvalue weighted by Crippen LogP contribution is -2.39. The first-order valence-corrected chi connectivity index (χ1v) is 7.35. The Morgan fingerprint density at radius 1 is 0.818 bits per heavy atom. The Morgan fingerprint density at radius 3 is 2.00 bits per heavy atom. The summed E-state index contributed by atoms with van der Waals surface area (Å²) in [4.78, 5) is 0. The first-order valence-electron chi connectivity index (χ1n) is 7.35. The Bertz CT molecular complexity index is 833. The Labute approximate surface area is 127 Å². The summed E-state index contributed by atoms with van der Waals surface area (Å²) in [5.41, 5.74) is -1.49. The molecule has 3 rings (SSSR count). The van der Waals surface area contributed by atoms with E-state index in [1.54, 1.807) is 19.1 Å². The van der Waals surface area contributed by atoms with Gasteiger partial charge in [-0.05, 0) is 52.6 Å². The van der Waals surface area contributed by atoms with E-state index in [1.807, 2.05) is 42.5 Å². The highest BCUT2D eigenvalue weighted by Gasteiger charge is 2.51. The molecule has 0 radical (unpaired) electrons. The van der Waals surface area contributed by atoms with Crippen LogP contribution in [0.2, 0.25) is 0 Å². The molecule has 22 heavy (non-hydrogen) atoms. The molecule has 0 aromatic heterocycles. The predicted octanol–water partition coefficient (Wildman–Crippen LogP) is 6.22. The molecule has 0 aliphatic heterocycles. The maximum absolute atomic E-state index is 13.6. The van der Waals surface area contributed by atoms with Crippen LogP contribution in [0.25, 0.3) is 21.5 Å². The number of halogens is 3. The van der Waals surface area contributed by atoms with Crippen LogP contribution in [0.5, 0.6) is 0 Å². The SMILES string of the molecule is CCC(C)(c1cccc2cc3ccccc3cc12)C(F)(F)F. The van der Waals surface area contributed by atoms with Gasteiger partial charge in [0, 0.05) is 0 Å². The van der Waals surface area contributed by atoms with Gasteiger partial charge in [-0.3, -0.25) is 0 Å². The number of benzene rings is 3. The summed E-state index contributed by atoms with van der Waals surface area (Å²) in [5, 5.41) is 3.53. The van der Waals surface area contributed by atoms with Gasteiger partial charge in [0.1, 0.15) is 0 Å². The number of rotatable bonds is 2. The van der Waals surface area contributed by atoms with Crippen LogP contribution in [-0.4, -0.2) is 6.18 Å². The first-order chi connectivity index (χ1) is 10.4. The maximum Gasteiger partial charge on any atom is 0.398 e. The average molecular weight is 302 g/mol. The second kappa shape index (κ2) is 5.01. The molecule has 114 valence electrons. The number of hydrogen-bond donors (Lipinski definition) is 0. The quantitative estimate of drug-likeness (QED) is 0.493. The Hall–Kier alpha value is -2.03. The third-order valence-corrected chi connectivity index (χ3v) is 4.67. The van der Waals surface area contributed by atoms with Crippen molar-refractivity contribution in [3.05, 3.63) is 60.2 Å². The van der Waals surface area contributed by atoms with Gasteiger partial charge in [0.2, 0.25) is 0 Å². The van der Waals surface area contributed by atoms with Crippen molar-refractivity contribution in [1.29, 1.82) is 0 Å². The van der Waals surface area contributed by atoms with Crippen molar-refractivity contribution in [2.45, 2.75) is 31.9 Å². The van der Waals surface area contributed by atoms with Crippen molar-refractivity contribution < 1.29 is 13.2 Å². The predicted molar refractivity (Wildman–Crippen MR) is 85.2 cm³/mol. The monoisotopic (exact) mass is 302 g/mol. The second-order valence-electron chi connectivity index (χ2n) is 5.91. The molecule has 3 heteroatoms. The summed E-state index contributed by atoms with van der Waals surface area (Å²) in [5.74, 6) is 0. The van der Waals surface area contributed by atoms with Crippen LogP contribution in [0.15, 0.2) is 54.6 Å². The van der Waals surface area contributed by atoms with Crippen molar-refractivity contribution >= 4 is 21.5 Å². The summed E-state index contributed by atoms with van der Waals surface area (Å²) in [6, 6.07) is 16.8. The lowest BCUT2D eigenvalue weighted by Gasteiger charge is -2.32. The van der Waals surface area contributed by atoms with E-state index in [1.165, 1.54) is 6.92 Å². The van der Waals surface area contributed by atoms with Gasteiger partial charge in [0.05, 0.1) is 5.41 Å². The molecule has 0 aliphatic rings. The van der Waals surface area contributed by atoms with Gasteiger partial charge in [-0.15, -0.1) is 0 Å². The van der Waals surface area contributed by atoms with Crippen molar-refractivity contribution in [2.24, 2.45) is 0 Å². The minimum absolute atomic E-state index is 0.0163. The zero-order valence-electron chi connectivity index (χ0n) is 12.5. The fourth-order valence-electron chi connectivity index (χ4n) is 2.99. The minimum atomic E-state index is -4.28. The number of fused-ring (bicyclic) bond motifs is 2. The highest BCUT2D eigenvalue weighted by molar-refractivity contribution is 6.00. The van der Waals surface area contributed by atoms with Crippen molar-refractivity contribution in [2.75, 3.05) is 0 Å². The number of alkyl halides is 3. The highest BCUT2D eigenvalue weighted by atomic mass is 19.4. The van der Waals surface area contributed by atoms with Crippen LogP contribution >= 0.6 is 0 Å². The fourth-order valence-corrected chi connectivity index (χ4v) is 2.99. The van der Waals surface area contributed by atoms with Gasteiger partial charge in [0.15, 0.2) is 0 Å². The van der Waals surface area contributed by atoms with Crippen LogP contribution < -0.4 is 0 Å². The van der Waals surface area contributed by atoms with Gasteiger partial charge >= 0.3 is 6.18 Å². The van der Waals surface area contributed by atoms with Gasteiger partial charge < -0.3 is 0 Å². The molecule has 3 aromatic rings. The molecular weight excluding hydrogens is 285 g/mol. The Kier molecular flexibility index (Phi) is 3.39. The van der Waals surface area contributed by atoms with E-state index in [0.29, 0.717) is 10.9 Å². The van der Waals surface area contributed by atoms with Crippen LogP contribution in [0.1, 0.15) is 25.8 Å². The van der Waals surface area contributed by atoms with Crippen LogP contribution in [-0.2, 0) is 5.41 Å². The molecule has 0 N–H and O–H groups in total. The van der Waals surface area contributed by atoms with E-state index >= 15 is 0 Å². The summed E-state index contributed by atoms with van der Waals surface area (Å²) in [6.07, 6.45) is -4.26. The molecule has 3 aromatic carbocycles. The second-order valence-corrected chi connectivity index (χ2v) is 5.91. The summed E-state index contributed by atoms with van der Waals surface area (Å²) in [6.45, 7) is 2.88. The molecule has 0 saturated heterocycles. The lowest BCUT2D eigenvalue weighted by atomic mass is 9.77. The van der Waals surface area contributed by atoms with E-state index in [4.69, 9.17) is 0 Å². The highest BCUT2D eigenvalue weighted by Crippen LogP contribution is 2.46. The smallest absolute Gasteiger partial charge is 0.170 e. The molecule has 1 atom stereocenters. The summed E-state index contributed by atoms with van der Waals surface area (Å²) >= 11 is 0. The molecule has 0 bridgehead atoms. The van der Waals surface area contributed by atoms with Crippen LogP contribution in [0.4, 0.5) is 13.2 Å². The molecule has 1 unspecified atom stereocenters. The molecule has 0 saturated carbocycles. The minimum Gasteiger partial charge on any atom is -0.170 e. The van der Waals surface area contributed by atoms with E-state index < -0.39 is 11.6 Å². The summed E-state index contributed by atoms with van der Waals surface area (Å²) < 4.78 is 40.9. The Morgan fingerprint density at radius 2 is 1.41 bits per heavy atom. The van der Waals surface area contributed by atoms with E-state index in [2.05, 4.69) is 0 Å². The standard InChI is InChI=1S/C19H17F3/c1-3-18(2,19(20,21)22)17-10-6-9-15-11-13-7-4-5-8-14(13)12-16(15)17/h4-12H,3H2,1-2H3. The van der Waals surface area contributed by atoms with E-state index in [-0.39, 0.29) is 6.42 Å². The third kappa shape index (κ3) is 2.16. The average Bonchev–Trinajstić information content (AvgIpc) is 2.50. The van der Waals surface area contributed by atoms with Gasteiger partial charge in [-0.2, -0.15) is 13.2 Å². The molecule has 0 heterocycles. The van der Waals surface area contributed by atoms with E-state index in [9.17, 15) is 13.2 Å². The van der Waals surface area contributed by atoms with E-state index in [0.717, 1.165) is 16.2 Å². The molecule has 0 amide bonds. The maximum atomic E-state index is 13.6. The molecular formula is C19H17F3. The van der Waals surface area contributed by atoms with Crippen LogP contribution in [0, 0.1) is 0 Å². The fraction of sp³-hybridized carbons (Fsp3) is 0.263. The summed E-state index contributed by atoms with van der Waals surface area (Å²) in [7, 11) is 0. The van der Waals surface area contributed by atoms with Gasteiger partial charge in [-0.1, -0.05) is 49.4 Å². The van der Waals surface area contributed by atoms with Crippen molar-refractivity contribution in [3.63, 3.8) is 0 Å². The lowest BCUT2D eigenvalue weighted by molar-refractivity contribution is -0.186. The van der Waals surface area contributed by atoms with Crippen molar-refractivity contribution in [1.82, 2.24) is 0 Å². The van der Waals surface area contributed by atoms with Gasteiger partial charge in [0.25, 0.3) is 0 Å². The third-order valence-electron chi connectivity index (χ3n) is 4.67. The van der Waals surface area contributed by atoms with Gasteiger partial charge in [-0.25, -0.2) is 0 Å². The molecule has 0 spiro atoms. The topological polar surface area (TPSA) is 0 Å².